The molecule has 1 atom stereocenters. The van der Waals surface area contributed by atoms with E-state index in [-0.39, 0.29) is 23.7 Å². The number of ketones is 1. The summed E-state index contributed by atoms with van der Waals surface area (Å²) >= 11 is 6.03. The molecule has 4 nitrogen and oxygen atoms in total. The van der Waals surface area contributed by atoms with Crippen LogP contribution >= 0.6 is 24.0 Å². The summed E-state index contributed by atoms with van der Waals surface area (Å²) in [5.41, 5.74) is 6.85. The van der Waals surface area contributed by atoms with Crippen LogP contribution in [0.4, 0.5) is 0 Å². The Balaban J connectivity index is 0.00000200. The van der Waals surface area contributed by atoms with Crippen molar-refractivity contribution < 1.29 is 4.79 Å². The molecule has 0 saturated heterocycles. The van der Waals surface area contributed by atoms with Gasteiger partial charge in [-0.05, 0) is 24.1 Å². The molecule has 0 aliphatic rings. The topological polar surface area (TPSA) is 76.0 Å². The zero-order chi connectivity index (χ0) is 13.8. The van der Waals surface area contributed by atoms with Crippen molar-refractivity contribution in [3.8, 4) is 0 Å². The van der Waals surface area contributed by atoms with Crippen molar-refractivity contribution >= 4 is 29.8 Å². The highest BCUT2D eigenvalue weighted by molar-refractivity contribution is 6.31. The summed E-state index contributed by atoms with van der Waals surface area (Å²) in [5, 5.41) is 0.590. The lowest BCUT2D eigenvalue weighted by Gasteiger charge is -2.11. The fourth-order valence-electron chi connectivity index (χ4n) is 1.77. The number of aromatic nitrogens is 1. The molecule has 6 heteroatoms. The number of Topliss-reactive ketones (excluding diaryl/α,β-unsaturated/α-hetero) is 1. The van der Waals surface area contributed by atoms with Crippen LogP contribution < -0.4 is 11.3 Å². The van der Waals surface area contributed by atoms with Gasteiger partial charge >= 0.3 is 0 Å². The highest BCUT2D eigenvalue weighted by Gasteiger charge is 2.17. The van der Waals surface area contributed by atoms with Gasteiger partial charge in [-0.15, -0.1) is 12.4 Å². The molecule has 0 radical (unpaired) electrons. The average molecular weight is 313 g/mol. The Bertz CT molecular complexity index is 635. The minimum atomic E-state index is -0.689. The number of halogens is 2. The smallest absolute Gasteiger partial charge is 0.247 e. The Kier molecular flexibility index (Phi) is 5.95. The van der Waals surface area contributed by atoms with Crippen molar-refractivity contribution in [1.82, 2.24) is 4.98 Å². The van der Waals surface area contributed by atoms with E-state index in [1.54, 1.807) is 6.07 Å². The maximum atomic E-state index is 12.1. The molecule has 1 unspecified atom stereocenters. The predicted octanol–water partition coefficient (Wildman–Crippen LogP) is 2.20. The van der Waals surface area contributed by atoms with Crippen LogP contribution in [0.1, 0.15) is 15.9 Å². The second kappa shape index (κ2) is 7.24. The molecule has 0 fully saturated rings. The van der Waals surface area contributed by atoms with Crippen LogP contribution in [0.3, 0.4) is 0 Å². The molecule has 1 heterocycles. The number of carbonyl (C=O) groups is 1. The number of nitrogens with one attached hydrogen (secondary N) is 1. The summed E-state index contributed by atoms with van der Waals surface area (Å²) in [7, 11) is 0. The third-order valence-electron chi connectivity index (χ3n) is 2.80. The normalized spacial score (nSPS) is 11.5. The number of hydrogen-bond acceptors (Lipinski definition) is 3. The Labute approximate surface area is 127 Å². The first-order valence-electron chi connectivity index (χ1n) is 5.80. The van der Waals surface area contributed by atoms with E-state index in [2.05, 4.69) is 4.98 Å². The summed E-state index contributed by atoms with van der Waals surface area (Å²) in [5.74, 6) is -0.226. The van der Waals surface area contributed by atoms with E-state index in [4.69, 9.17) is 17.3 Å². The first-order valence-corrected chi connectivity index (χ1v) is 6.17. The molecule has 1 aromatic carbocycles. The van der Waals surface area contributed by atoms with Crippen LogP contribution in [0.25, 0.3) is 0 Å². The van der Waals surface area contributed by atoms with Gasteiger partial charge in [0.1, 0.15) is 0 Å². The van der Waals surface area contributed by atoms with Gasteiger partial charge in [0.25, 0.3) is 0 Å². The number of benzene rings is 1. The minimum Gasteiger partial charge on any atom is -0.328 e. The number of rotatable bonds is 4. The van der Waals surface area contributed by atoms with Gasteiger partial charge in [-0.2, -0.15) is 0 Å². The summed E-state index contributed by atoms with van der Waals surface area (Å²) in [6.07, 6.45) is 1.73. The summed E-state index contributed by atoms with van der Waals surface area (Å²) in [4.78, 5) is 25.5. The number of carbonyl (C=O) groups excluding carboxylic acids is 1. The van der Waals surface area contributed by atoms with E-state index in [1.165, 1.54) is 18.3 Å². The van der Waals surface area contributed by atoms with E-state index in [0.29, 0.717) is 17.0 Å². The third kappa shape index (κ3) is 3.93. The molecule has 0 spiro atoms. The monoisotopic (exact) mass is 312 g/mol. The first kappa shape index (κ1) is 16.4. The first-order chi connectivity index (χ1) is 9.08. The Morgan fingerprint density at radius 2 is 1.95 bits per heavy atom. The van der Waals surface area contributed by atoms with Gasteiger partial charge in [0.2, 0.25) is 5.56 Å². The fourth-order valence-corrected chi connectivity index (χ4v) is 1.98. The van der Waals surface area contributed by atoms with Crippen molar-refractivity contribution in [1.29, 1.82) is 0 Å². The van der Waals surface area contributed by atoms with Crippen molar-refractivity contribution in [2.45, 2.75) is 12.5 Å². The fraction of sp³-hybridized carbons (Fsp3) is 0.143. The van der Waals surface area contributed by atoms with Crippen molar-refractivity contribution in [3.05, 3.63) is 69.1 Å². The lowest BCUT2D eigenvalue weighted by Crippen LogP contribution is -2.33. The van der Waals surface area contributed by atoms with Crippen molar-refractivity contribution in [2.24, 2.45) is 5.73 Å². The zero-order valence-electron chi connectivity index (χ0n) is 10.5. The van der Waals surface area contributed by atoms with Crippen LogP contribution in [0.15, 0.2) is 47.4 Å². The quantitative estimate of drug-likeness (QED) is 0.850. The largest absolute Gasteiger partial charge is 0.328 e. The zero-order valence-corrected chi connectivity index (χ0v) is 12.1. The molecule has 106 valence electrons. The predicted molar refractivity (Wildman–Crippen MR) is 81.8 cm³/mol. The van der Waals surface area contributed by atoms with Crippen molar-refractivity contribution in [3.63, 3.8) is 0 Å². The minimum absolute atomic E-state index is 0. The molecule has 0 saturated carbocycles. The molecule has 0 amide bonds. The van der Waals surface area contributed by atoms with Crippen LogP contribution in [0.2, 0.25) is 5.02 Å². The maximum Gasteiger partial charge on any atom is 0.247 e. The molecule has 20 heavy (non-hydrogen) atoms. The van der Waals surface area contributed by atoms with E-state index in [9.17, 15) is 9.59 Å². The van der Waals surface area contributed by atoms with Gasteiger partial charge in [0.15, 0.2) is 5.78 Å². The molecule has 2 aromatic rings. The maximum absolute atomic E-state index is 12.1. The molecule has 0 bridgehead atoms. The third-order valence-corrected chi connectivity index (χ3v) is 3.17. The summed E-state index contributed by atoms with van der Waals surface area (Å²) in [6, 6.07) is 9.34. The van der Waals surface area contributed by atoms with Crippen LogP contribution in [-0.4, -0.2) is 16.8 Å². The lowest BCUT2D eigenvalue weighted by atomic mass is 9.99. The van der Waals surface area contributed by atoms with Crippen LogP contribution in [0, 0.1) is 0 Å². The van der Waals surface area contributed by atoms with E-state index in [0.717, 1.165) is 5.56 Å². The van der Waals surface area contributed by atoms with Gasteiger partial charge in [0.05, 0.1) is 6.04 Å². The Hall–Kier alpha value is -1.62. The number of nitrogens with two attached hydrogens (primary N) is 1. The number of H-pyrrole nitrogens is 1. The molecular formula is C14H14Cl2N2O2. The highest BCUT2D eigenvalue weighted by atomic mass is 35.5. The molecule has 0 aliphatic heterocycles. The van der Waals surface area contributed by atoms with Crippen LogP contribution in [-0.2, 0) is 6.42 Å². The number of hydrogen-bond donors (Lipinski definition) is 2. The summed E-state index contributed by atoms with van der Waals surface area (Å²) < 4.78 is 0. The second-order valence-electron chi connectivity index (χ2n) is 4.21. The second-order valence-corrected chi connectivity index (χ2v) is 4.62. The number of aromatic amines is 1. The lowest BCUT2D eigenvalue weighted by molar-refractivity contribution is 0.0960. The van der Waals surface area contributed by atoms with Gasteiger partial charge in [-0.25, -0.2) is 0 Å². The molecule has 2 rings (SSSR count). The Morgan fingerprint density at radius 1 is 1.25 bits per heavy atom. The van der Waals surface area contributed by atoms with Gasteiger partial charge in [0, 0.05) is 22.8 Å². The van der Waals surface area contributed by atoms with Crippen LogP contribution in [0.5, 0.6) is 0 Å². The highest BCUT2D eigenvalue weighted by Crippen LogP contribution is 2.17. The Morgan fingerprint density at radius 3 is 2.55 bits per heavy atom. The van der Waals surface area contributed by atoms with Gasteiger partial charge < -0.3 is 10.7 Å². The van der Waals surface area contributed by atoms with Gasteiger partial charge in [-0.3, -0.25) is 9.59 Å². The molecular weight excluding hydrogens is 299 g/mol. The SMILES string of the molecule is Cl.NC(Cc1ccccc1Cl)C(=O)c1ccc(=O)[nH]c1. The standard InChI is InChI=1S/C14H13ClN2O2.ClH/c15-11-4-2-1-3-9(11)7-12(16)14(19)10-5-6-13(18)17-8-10;/h1-6,8,12H,7,16H2,(H,17,18);1H. The molecule has 0 aliphatic carbocycles. The van der Waals surface area contributed by atoms with E-state index in [1.807, 2.05) is 18.2 Å². The average Bonchev–Trinajstić information content (AvgIpc) is 2.41. The van der Waals surface area contributed by atoms with E-state index >= 15 is 0 Å². The molecule has 1 aromatic heterocycles. The summed E-state index contributed by atoms with van der Waals surface area (Å²) in [6.45, 7) is 0. The molecule has 3 N–H and O–H groups in total. The van der Waals surface area contributed by atoms with Crippen molar-refractivity contribution in [2.75, 3.05) is 0 Å². The van der Waals surface area contributed by atoms with Gasteiger partial charge in [-0.1, -0.05) is 29.8 Å². The number of pyridine rings is 1. The van der Waals surface area contributed by atoms with E-state index < -0.39 is 6.04 Å².